The number of nitrogens with two attached hydrogens (primary N) is 1. The number of anilines is 1. The zero-order valence-corrected chi connectivity index (χ0v) is 8.60. The van der Waals surface area contributed by atoms with Crippen LogP contribution in [0.3, 0.4) is 0 Å². The van der Waals surface area contributed by atoms with Crippen molar-refractivity contribution in [2.75, 3.05) is 12.3 Å². The molecule has 0 saturated heterocycles. The van der Waals surface area contributed by atoms with Gasteiger partial charge in [0.2, 0.25) is 0 Å². The summed E-state index contributed by atoms with van der Waals surface area (Å²) in [7, 11) is 0. The minimum absolute atomic E-state index is 0.0714. The van der Waals surface area contributed by atoms with E-state index in [0.717, 1.165) is 0 Å². The topological polar surface area (TPSA) is 88.2 Å². The van der Waals surface area contributed by atoms with Gasteiger partial charge in [0.1, 0.15) is 0 Å². The fourth-order valence-electron chi connectivity index (χ4n) is 1.13. The van der Waals surface area contributed by atoms with Crippen molar-refractivity contribution < 1.29 is 9.90 Å². The van der Waals surface area contributed by atoms with Crippen LogP contribution in [0.1, 0.15) is 23.7 Å². The molecule has 0 saturated carbocycles. The summed E-state index contributed by atoms with van der Waals surface area (Å²) in [5.74, 6) is -0.268. The Balaban J connectivity index is 2.68. The summed E-state index contributed by atoms with van der Waals surface area (Å²) in [5.41, 5.74) is 6.35. The Bertz CT molecular complexity index is 337. The maximum Gasteiger partial charge on any atom is 0.253 e. The van der Waals surface area contributed by atoms with Crippen LogP contribution in [0.15, 0.2) is 18.5 Å². The van der Waals surface area contributed by atoms with Gasteiger partial charge in [-0.2, -0.15) is 0 Å². The van der Waals surface area contributed by atoms with E-state index >= 15 is 0 Å². The Morgan fingerprint density at radius 3 is 2.93 bits per heavy atom. The lowest BCUT2D eigenvalue weighted by Gasteiger charge is -2.13. The van der Waals surface area contributed by atoms with Crippen LogP contribution < -0.4 is 11.1 Å². The van der Waals surface area contributed by atoms with Crippen molar-refractivity contribution in [1.29, 1.82) is 0 Å². The number of hydrogen-bond donors (Lipinski definition) is 3. The molecule has 0 aliphatic carbocycles. The number of amides is 1. The molecule has 0 spiro atoms. The van der Waals surface area contributed by atoms with E-state index in [1.54, 1.807) is 6.07 Å². The summed E-state index contributed by atoms with van der Waals surface area (Å²) >= 11 is 0. The van der Waals surface area contributed by atoms with Gasteiger partial charge in [0.15, 0.2) is 0 Å². The standard InChI is InChI=1S/C10H15N3O2/c1-2-9(6-14)13-10(15)7-3-8(11)5-12-4-7/h3-5,9,14H,2,6,11H2,1H3,(H,13,15). The largest absolute Gasteiger partial charge is 0.397 e. The van der Waals surface area contributed by atoms with E-state index in [1.807, 2.05) is 6.92 Å². The number of nitrogens with zero attached hydrogens (tertiary/aromatic N) is 1. The number of nitrogens with one attached hydrogen (secondary N) is 1. The summed E-state index contributed by atoms with van der Waals surface area (Å²) in [5, 5.41) is 11.6. The first-order chi connectivity index (χ1) is 7.17. The van der Waals surface area contributed by atoms with E-state index < -0.39 is 0 Å². The van der Waals surface area contributed by atoms with Gasteiger partial charge in [-0.05, 0) is 12.5 Å². The second-order valence-corrected chi connectivity index (χ2v) is 3.27. The summed E-state index contributed by atoms with van der Waals surface area (Å²) in [6.45, 7) is 1.82. The molecule has 1 amide bonds. The van der Waals surface area contributed by atoms with Crippen molar-refractivity contribution in [2.24, 2.45) is 0 Å². The first-order valence-corrected chi connectivity index (χ1v) is 4.79. The highest BCUT2D eigenvalue weighted by molar-refractivity contribution is 5.94. The molecular formula is C10H15N3O2. The van der Waals surface area contributed by atoms with Gasteiger partial charge < -0.3 is 16.2 Å². The molecule has 4 N–H and O–H groups in total. The van der Waals surface area contributed by atoms with Crippen LogP contribution in [0.4, 0.5) is 5.69 Å². The third-order valence-corrected chi connectivity index (χ3v) is 2.07. The fourth-order valence-corrected chi connectivity index (χ4v) is 1.13. The van der Waals surface area contributed by atoms with Gasteiger partial charge in [0, 0.05) is 12.4 Å². The molecule has 82 valence electrons. The summed E-state index contributed by atoms with van der Waals surface area (Å²) in [4.78, 5) is 15.4. The lowest BCUT2D eigenvalue weighted by Crippen LogP contribution is -2.36. The fraction of sp³-hybridized carbons (Fsp3) is 0.400. The first kappa shape index (κ1) is 11.5. The first-order valence-electron chi connectivity index (χ1n) is 4.79. The number of aliphatic hydroxyl groups excluding tert-OH is 1. The molecule has 1 heterocycles. The van der Waals surface area contributed by atoms with Crippen LogP contribution in [0.2, 0.25) is 0 Å². The van der Waals surface area contributed by atoms with E-state index in [-0.39, 0.29) is 18.6 Å². The van der Waals surface area contributed by atoms with E-state index in [1.165, 1.54) is 12.4 Å². The maximum absolute atomic E-state index is 11.6. The molecule has 0 aliphatic rings. The summed E-state index contributed by atoms with van der Waals surface area (Å²) < 4.78 is 0. The Morgan fingerprint density at radius 1 is 1.67 bits per heavy atom. The van der Waals surface area contributed by atoms with Gasteiger partial charge in [-0.25, -0.2) is 0 Å². The molecule has 1 rings (SSSR count). The minimum atomic E-state index is -0.268. The van der Waals surface area contributed by atoms with Crippen LogP contribution in [0.25, 0.3) is 0 Å². The third-order valence-electron chi connectivity index (χ3n) is 2.07. The van der Waals surface area contributed by atoms with Gasteiger partial charge in [0.25, 0.3) is 5.91 Å². The van der Waals surface area contributed by atoms with Crippen molar-refractivity contribution in [2.45, 2.75) is 19.4 Å². The molecule has 0 aliphatic heterocycles. The maximum atomic E-state index is 11.6. The molecule has 0 bridgehead atoms. The quantitative estimate of drug-likeness (QED) is 0.659. The van der Waals surface area contributed by atoms with E-state index in [4.69, 9.17) is 10.8 Å². The Kier molecular flexibility index (Phi) is 4.05. The second-order valence-electron chi connectivity index (χ2n) is 3.27. The smallest absolute Gasteiger partial charge is 0.253 e. The van der Waals surface area contributed by atoms with Crippen LogP contribution in [0, 0.1) is 0 Å². The molecule has 5 nitrogen and oxygen atoms in total. The average Bonchev–Trinajstić information content (AvgIpc) is 2.25. The Morgan fingerprint density at radius 2 is 2.40 bits per heavy atom. The van der Waals surface area contributed by atoms with E-state index in [2.05, 4.69) is 10.3 Å². The third kappa shape index (κ3) is 3.21. The highest BCUT2D eigenvalue weighted by Crippen LogP contribution is 2.04. The van der Waals surface area contributed by atoms with Crippen LogP contribution in [-0.4, -0.2) is 28.6 Å². The van der Waals surface area contributed by atoms with Crippen molar-refractivity contribution in [1.82, 2.24) is 10.3 Å². The summed E-state index contributed by atoms with van der Waals surface area (Å²) in [6, 6.07) is 1.32. The monoisotopic (exact) mass is 209 g/mol. The predicted octanol–water partition coefficient (Wildman–Crippen LogP) is 0.164. The lowest BCUT2D eigenvalue weighted by atomic mass is 10.2. The molecule has 5 heteroatoms. The number of aromatic nitrogens is 1. The molecule has 1 unspecified atom stereocenters. The number of carbonyl (C=O) groups is 1. The second kappa shape index (κ2) is 5.31. The molecular weight excluding hydrogens is 194 g/mol. The Labute approximate surface area is 88.3 Å². The molecule has 1 aromatic heterocycles. The average molecular weight is 209 g/mol. The van der Waals surface area contributed by atoms with Crippen molar-refractivity contribution in [3.63, 3.8) is 0 Å². The van der Waals surface area contributed by atoms with Crippen LogP contribution in [-0.2, 0) is 0 Å². The number of nitrogen functional groups attached to an aromatic ring is 1. The number of carbonyl (C=O) groups excluding carboxylic acids is 1. The lowest BCUT2D eigenvalue weighted by molar-refractivity contribution is 0.0914. The van der Waals surface area contributed by atoms with Crippen LogP contribution >= 0.6 is 0 Å². The van der Waals surface area contributed by atoms with Crippen LogP contribution in [0.5, 0.6) is 0 Å². The summed E-state index contributed by atoms with van der Waals surface area (Å²) in [6.07, 6.45) is 3.59. The van der Waals surface area contributed by atoms with Crippen molar-refractivity contribution in [3.05, 3.63) is 24.0 Å². The molecule has 15 heavy (non-hydrogen) atoms. The molecule has 0 aromatic carbocycles. The van der Waals surface area contributed by atoms with Crippen molar-refractivity contribution >= 4 is 11.6 Å². The molecule has 0 fully saturated rings. The van der Waals surface area contributed by atoms with Gasteiger partial charge in [0.05, 0.1) is 23.9 Å². The molecule has 0 radical (unpaired) electrons. The number of rotatable bonds is 4. The minimum Gasteiger partial charge on any atom is -0.397 e. The predicted molar refractivity (Wildman–Crippen MR) is 57.3 cm³/mol. The zero-order valence-electron chi connectivity index (χ0n) is 8.60. The number of aliphatic hydroxyl groups is 1. The Hall–Kier alpha value is -1.62. The number of hydrogen-bond acceptors (Lipinski definition) is 4. The molecule has 1 atom stereocenters. The highest BCUT2D eigenvalue weighted by atomic mass is 16.3. The van der Waals surface area contributed by atoms with Crippen molar-refractivity contribution in [3.8, 4) is 0 Å². The van der Waals surface area contributed by atoms with Gasteiger partial charge in [-0.3, -0.25) is 9.78 Å². The van der Waals surface area contributed by atoms with E-state index in [0.29, 0.717) is 17.7 Å². The molecule has 1 aromatic rings. The number of pyridine rings is 1. The van der Waals surface area contributed by atoms with Gasteiger partial charge >= 0.3 is 0 Å². The zero-order chi connectivity index (χ0) is 11.3. The highest BCUT2D eigenvalue weighted by Gasteiger charge is 2.11. The van der Waals surface area contributed by atoms with E-state index in [9.17, 15) is 4.79 Å². The normalized spacial score (nSPS) is 12.1. The SMILES string of the molecule is CCC(CO)NC(=O)c1cncc(N)c1. The van der Waals surface area contributed by atoms with Gasteiger partial charge in [-0.1, -0.05) is 6.92 Å². The van der Waals surface area contributed by atoms with Gasteiger partial charge in [-0.15, -0.1) is 0 Å².